The van der Waals surface area contributed by atoms with Crippen LogP contribution in [0.4, 0.5) is 10.5 Å². The summed E-state index contributed by atoms with van der Waals surface area (Å²) >= 11 is 12.7. The Morgan fingerprint density at radius 2 is 1.88 bits per heavy atom. The summed E-state index contributed by atoms with van der Waals surface area (Å²) in [5.41, 5.74) is 1.74. The molecule has 0 unspecified atom stereocenters. The maximum absolute atomic E-state index is 12.8. The van der Waals surface area contributed by atoms with Gasteiger partial charge in [0, 0.05) is 23.3 Å². The Balaban J connectivity index is 1.55. The lowest BCUT2D eigenvalue weighted by atomic mass is 10.1. The Kier molecular flexibility index (Phi) is 6.10. The predicted molar refractivity (Wildman–Crippen MR) is 124 cm³/mol. The number of halogens is 2. The molecule has 2 aromatic carbocycles. The van der Waals surface area contributed by atoms with Crippen molar-refractivity contribution in [2.45, 2.75) is 13.5 Å². The number of hydrogen-bond acceptors (Lipinski definition) is 6. The SMILES string of the molecule is Cc1ccc(-c2ccc(/C=C3\SC(=O)N(Cc4ccc(Cl)c(Cl)c4)C3=O)o2)cc1[N+](=O)[O-]. The van der Waals surface area contributed by atoms with Gasteiger partial charge in [0.25, 0.3) is 16.8 Å². The van der Waals surface area contributed by atoms with Crippen LogP contribution in [-0.4, -0.2) is 21.0 Å². The molecule has 1 aliphatic heterocycles. The monoisotopic (exact) mass is 488 g/mol. The summed E-state index contributed by atoms with van der Waals surface area (Å²) in [6, 6.07) is 13.0. The zero-order valence-corrected chi connectivity index (χ0v) is 18.8. The number of nitro benzene ring substituents is 1. The second-order valence-electron chi connectivity index (χ2n) is 6.98. The van der Waals surface area contributed by atoms with Gasteiger partial charge in [-0.25, -0.2) is 0 Å². The molecule has 1 aliphatic rings. The minimum atomic E-state index is -0.452. The predicted octanol–water partition coefficient (Wildman–Crippen LogP) is 6.71. The van der Waals surface area contributed by atoms with Gasteiger partial charge in [-0.1, -0.05) is 41.4 Å². The smallest absolute Gasteiger partial charge is 0.293 e. The Bertz CT molecular complexity index is 1300. The lowest BCUT2D eigenvalue weighted by Gasteiger charge is -2.12. The van der Waals surface area contributed by atoms with Crippen molar-refractivity contribution in [2.75, 3.05) is 0 Å². The van der Waals surface area contributed by atoms with E-state index in [-0.39, 0.29) is 17.1 Å². The number of benzene rings is 2. The molecular weight excluding hydrogens is 475 g/mol. The van der Waals surface area contributed by atoms with Crippen LogP contribution in [0.25, 0.3) is 17.4 Å². The molecular formula is C22H14Cl2N2O5S. The van der Waals surface area contributed by atoms with Crippen LogP contribution < -0.4 is 0 Å². The van der Waals surface area contributed by atoms with E-state index in [0.717, 1.165) is 16.7 Å². The van der Waals surface area contributed by atoms with Crippen molar-refractivity contribution < 1.29 is 18.9 Å². The molecule has 2 amide bonds. The van der Waals surface area contributed by atoms with Gasteiger partial charge in [-0.05, 0) is 48.5 Å². The number of nitro groups is 1. The third-order valence-corrected chi connectivity index (χ3v) is 6.44. The van der Waals surface area contributed by atoms with Gasteiger partial charge in [0.1, 0.15) is 11.5 Å². The number of carbonyl (C=O) groups is 2. The van der Waals surface area contributed by atoms with Crippen molar-refractivity contribution in [3.05, 3.63) is 90.5 Å². The van der Waals surface area contributed by atoms with E-state index in [1.54, 1.807) is 49.4 Å². The number of furan rings is 1. The molecule has 10 heteroatoms. The fourth-order valence-electron chi connectivity index (χ4n) is 3.13. The van der Waals surface area contributed by atoms with E-state index in [2.05, 4.69) is 0 Å². The molecule has 162 valence electrons. The Morgan fingerprint density at radius 3 is 2.59 bits per heavy atom. The molecule has 0 saturated carbocycles. The molecule has 0 N–H and O–H groups in total. The first-order valence-electron chi connectivity index (χ1n) is 9.27. The summed E-state index contributed by atoms with van der Waals surface area (Å²) in [6.45, 7) is 1.72. The number of nitrogens with zero attached hydrogens (tertiary/aromatic N) is 2. The molecule has 7 nitrogen and oxygen atoms in total. The number of amides is 2. The molecule has 0 radical (unpaired) electrons. The minimum Gasteiger partial charge on any atom is -0.457 e. The topological polar surface area (TPSA) is 93.7 Å². The van der Waals surface area contributed by atoms with Crippen LogP contribution in [0.15, 0.2) is 57.9 Å². The highest BCUT2D eigenvalue weighted by Gasteiger charge is 2.35. The Morgan fingerprint density at radius 1 is 1.09 bits per heavy atom. The fourth-order valence-corrected chi connectivity index (χ4v) is 4.27. The first-order chi connectivity index (χ1) is 15.2. The maximum Gasteiger partial charge on any atom is 0.293 e. The third kappa shape index (κ3) is 4.43. The van der Waals surface area contributed by atoms with Gasteiger partial charge in [0.2, 0.25) is 0 Å². The highest BCUT2D eigenvalue weighted by Crippen LogP contribution is 2.35. The van der Waals surface area contributed by atoms with Crippen molar-refractivity contribution in [3.8, 4) is 11.3 Å². The van der Waals surface area contributed by atoms with Crippen LogP contribution in [-0.2, 0) is 11.3 Å². The van der Waals surface area contributed by atoms with Crippen molar-refractivity contribution >= 4 is 57.9 Å². The van der Waals surface area contributed by atoms with Gasteiger partial charge >= 0.3 is 0 Å². The number of rotatable bonds is 5. The molecule has 32 heavy (non-hydrogen) atoms. The van der Waals surface area contributed by atoms with Crippen LogP contribution in [0.5, 0.6) is 0 Å². The number of hydrogen-bond donors (Lipinski definition) is 0. The van der Waals surface area contributed by atoms with Gasteiger partial charge in [0.15, 0.2) is 0 Å². The third-order valence-electron chi connectivity index (χ3n) is 4.79. The van der Waals surface area contributed by atoms with Crippen molar-refractivity contribution in [2.24, 2.45) is 0 Å². The van der Waals surface area contributed by atoms with Crippen molar-refractivity contribution in [1.29, 1.82) is 0 Å². The summed E-state index contributed by atoms with van der Waals surface area (Å²) in [4.78, 5) is 37.2. The summed E-state index contributed by atoms with van der Waals surface area (Å²) in [7, 11) is 0. The molecule has 1 fully saturated rings. The van der Waals surface area contributed by atoms with E-state index in [4.69, 9.17) is 27.6 Å². The molecule has 4 rings (SSSR count). The van der Waals surface area contributed by atoms with Crippen LogP contribution in [0, 0.1) is 17.0 Å². The van der Waals surface area contributed by atoms with Crippen LogP contribution in [0.2, 0.25) is 10.0 Å². The van der Waals surface area contributed by atoms with Gasteiger partial charge < -0.3 is 4.42 Å². The van der Waals surface area contributed by atoms with Gasteiger partial charge in [-0.3, -0.25) is 24.6 Å². The normalized spacial score (nSPS) is 15.1. The van der Waals surface area contributed by atoms with Crippen LogP contribution in [0.1, 0.15) is 16.9 Å². The Labute approximate surface area is 196 Å². The molecule has 0 spiro atoms. The first-order valence-corrected chi connectivity index (χ1v) is 10.8. The van der Waals surface area contributed by atoms with E-state index in [0.29, 0.717) is 38.3 Å². The van der Waals surface area contributed by atoms with Gasteiger partial charge in [-0.2, -0.15) is 0 Å². The number of carbonyl (C=O) groups excluding carboxylic acids is 2. The highest BCUT2D eigenvalue weighted by molar-refractivity contribution is 8.18. The van der Waals surface area contributed by atoms with Crippen molar-refractivity contribution in [3.63, 3.8) is 0 Å². The fraction of sp³-hybridized carbons (Fsp3) is 0.0909. The van der Waals surface area contributed by atoms with Crippen LogP contribution in [0.3, 0.4) is 0 Å². The molecule has 0 bridgehead atoms. The van der Waals surface area contributed by atoms with E-state index >= 15 is 0 Å². The van der Waals surface area contributed by atoms with E-state index in [1.165, 1.54) is 12.1 Å². The number of aryl methyl sites for hydroxylation is 1. The average molecular weight is 489 g/mol. The van der Waals surface area contributed by atoms with Gasteiger partial charge in [0.05, 0.1) is 26.4 Å². The molecule has 0 aliphatic carbocycles. The largest absolute Gasteiger partial charge is 0.457 e. The summed E-state index contributed by atoms with van der Waals surface area (Å²) in [6.07, 6.45) is 1.48. The molecule has 2 heterocycles. The zero-order chi connectivity index (χ0) is 23.0. The standard InChI is InChI=1S/C22H14Cl2N2O5S/c1-12-2-4-14(9-18(12)26(29)30)19-7-5-15(31-19)10-20-21(27)25(22(28)32-20)11-13-3-6-16(23)17(24)8-13/h2-10H,11H2,1H3/b20-10-. The lowest BCUT2D eigenvalue weighted by Crippen LogP contribution is -2.27. The zero-order valence-electron chi connectivity index (χ0n) is 16.5. The molecule has 1 saturated heterocycles. The summed E-state index contributed by atoms with van der Waals surface area (Å²) < 4.78 is 5.75. The average Bonchev–Trinajstić information content (AvgIpc) is 3.31. The first kappa shape index (κ1) is 22.1. The van der Waals surface area contributed by atoms with E-state index in [1.807, 2.05) is 0 Å². The van der Waals surface area contributed by atoms with Gasteiger partial charge in [-0.15, -0.1) is 0 Å². The second-order valence-corrected chi connectivity index (χ2v) is 8.78. The summed E-state index contributed by atoms with van der Waals surface area (Å²) in [5, 5.41) is 11.5. The quantitative estimate of drug-likeness (QED) is 0.225. The second kappa shape index (κ2) is 8.82. The molecule has 1 aromatic heterocycles. The Hall–Kier alpha value is -3.07. The maximum atomic E-state index is 12.8. The highest BCUT2D eigenvalue weighted by atomic mass is 35.5. The van der Waals surface area contributed by atoms with E-state index in [9.17, 15) is 19.7 Å². The minimum absolute atomic E-state index is 0.0103. The van der Waals surface area contributed by atoms with Crippen LogP contribution >= 0.6 is 35.0 Å². The molecule has 3 aromatic rings. The number of imide groups is 1. The lowest BCUT2D eigenvalue weighted by molar-refractivity contribution is -0.385. The van der Waals surface area contributed by atoms with Crippen molar-refractivity contribution in [1.82, 2.24) is 4.90 Å². The number of thioether (sulfide) groups is 1. The van der Waals surface area contributed by atoms with E-state index < -0.39 is 16.1 Å². The molecule has 0 atom stereocenters. The summed E-state index contributed by atoms with van der Waals surface area (Å²) in [5.74, 6) is 0.313.